The van der Waals surface area contributed by atoms with E-state index in [-0.39, 0.29) is 6.29 Å². The smallest absolute Gasteiger partial charge is 0.157 e. The van der Waals surface area contributed by atoms with Gasteiger partial charge in [0.05, 0.1) is 0 Å². The van der Waals surface area contributed by atoms with Crippen LogP contribution >= 0.6 is 0 Å². The predicted molar refractivity (Wildman–Crippen MR) is 30.6 cm³/mol. The zero-order chi connectivity index (χ0) is 5.82. The van der Waals surface area contributed by atoms with Crippen LogP contribution in [-0.2, 0) is 9.47 Å². The van der Waals surface area contributed by atoms with E-state index in [1.54, 1.807) is 7.11 Å². The highest BCUT2D eigenvalue weighted by Crippen LogP contribution is 2.11. The second-order valence-corrected chi connectivity index (χ2v) is 2.03. The molecule has 1 saturated heterocycles. The van der Waals surface area contributed by atoms with Gasteiger partial charge in [0.25, 0.3) is 0 Å². The van der Waals surface area contributed by atoms with Gasteiger partial charge in [0, 0.05) is 13.7 Å². The van der Waals surface area contributed by atoms with Crippen molar-refractivity contribution in [3.8, 4) is 0 Å². The maximum absolute atomic E-state index is 5.20. The summed E-state index contributed by atoms with van der Waals surface area (Å²) in [5.74, 6) is 0. The summed E-state index contributed by atoms with van der Waals surface area (Å²) in [4.78, 5) is 0. The maximum atomic E-state index is 5.20. The van der Waals surface area contributed by atoms with Gasteiger partial charge in [-0.15, -0.1) is 0 Å². The van der Waals surface area contributed by atoms with Crippen LogP contribution in [0.1, 0.15) is 19.3 Å². The Morgan fingerprint density at radius 3 is 2.75 bits per heavy atom. The van der Waals surface area contributed by atoms with Crippen molar-refractivity contribution >= 4 is 0 Å². The molecule has 2 heteroatoms. The molecule has 1 fully saturated rings. The molecule has 1 aliphatic rings. The summed E-state index contributed by atoms with van der Waals surface area (Å²) in [6.45, 7) is 0.874. The summed E-state index contributed by atoms with van der Waals surface area (Å²) in [7, 11) is 1.69. The van der Waals surface area contributed by atoms with Crippen molar-refractivity contribution in [3.63, 3.8) is 0 Å². The Morgan fingerprint density at radius 1 is 1.50 bits per heavy atom. The fraction of sp³-hybridized carbons (Fsp3) is 1.00. The van der Waals surface area contributed by atoms with Gasteiger partial charge >= 0.3 is 0 Å². The van der Waals surface area contributed by atoms with Gasteiger partial charge in [0.15, 0.2) is 6.29 Å². The van der Waals surface area contributed by atoms with Gasteiger partial charge in [-0.2, -0.15) is 0 Å². The lowest BCUT2D eigenvalue weighted by molar-refractivity contribution is -0.145. The van der Waals surface area contributed by atoms with E-state index >= 15 is 0 Å². The Bertz CT molecular complexity index is 57.5. The lowest BCUT2D eigenvalue weighted by Crippen LogP contribution is -2.20. The number of hydrogen-bond donors (Lipinski definition) is 0. The van der Waals surface area contributed by atoms with Crippen molar-refractivity contribution in [1.82, 2.24) is 0 Å². The third kappa shape index (κ3) is 1.46. The van der Waals surface area contributed by atoms with Crippen LogP contribution in [0.5, 0.6) is 0 Å². The van der Waals surface area contributed by atoms with E-state index in [0.29, 0.717) is 0 Å². The van der Waals surface area contributed by atoms with Crippen molar-refractivity contribution in [2.24, 2.45) is 0 Å². The van der Waals surface area contributed by atoms with Gasteiger partial charge in [-0.25, -0.2) is 0 Å². The second kappa shape index (κ2) is 3.05. The fourth-order valence-electron chi connectivity index (χ4n) is 0.897. The molecule has 0 aromatic carbocycles. The van der Waals surface area contributed by atoms with E-state index in [0.717, 1.165) is 13.0 Å². The molecule has 1 heterocycles. The highest BCUT2D eigenvalue weighted by atomic mass is 16.7. The molecule has 1 aliphatic heterocycles. The predicted octanol–water partition coefficient (Wildman–Crippen LogP) is 1.16. The molecule has 0 saturated carbocycles. The van der Waals surface area contributed by atoms with Crippen LogP contribution in [0.3, 0.4) is 0 Å². The van der Waals surface area contributed by atoms with E-state index in [2.05, 4.69) is 0 Å². The van der Waals surface area contributed by atoms with Crippen molar-refractivity contribution in [2.45, 2.75) is 25.6 Å². The molecule has 0 radical (unpaired) electrons. The van der Waals surface area contributed by atoms with Crippen LogP contribution in [0, 0.1) is 0 Å². The van der Waals surface area contributed by atoms with Crippen molar-refractivity contribution < 1.29 is 9.47 Å². The Morgan fingerprint density at radius 2 is 2.38 bits per heavy atom. The summed E-state index contributed by atoms with van der Waals surface area (Å²) in [6.07, 6.45) is 3.60. The van der Waals surface area contributed by atoms with E-state index in [1.807, 2.05) is 0 Å². The van der Waals surface area contributed by atoms with Crippen LogP contribution in [0.25, 0.3) is 0 Å². The minimum atomic E-state index is 0.0868. The number of methoxy groups -OCH3 is 1. The summed E-state index contributed by atoms with van der Waals surface area (Å²) < 4.78 is 10.2. The molecular weight excluding hydrogens is 104 g/mol. The first-order valence-electron chi connectivity index (χ1n) is 3.08. The van der Waals surface area contributed by atoms with Crippen LogP contribution < -0.4 is 0 Å². The largest absolute Gasteiger partial charge is 0.356 e. The molecule has 0 aromatic rings. The quantitative estimate of drug-likeness (QED) is 0.511. The third-order valence-electron chi connectivity index (χ3n) is 1.40. The minimum absolute atomic E-state index is 0.0868. The number of hydrogen-bond acceptors (Lipinski definition) is 2. The summed E-state index contributed by atoms with van der Waals surface area (Å²) in [5, 5.41) is 0. The van der Waals surface area contributed by atoms with Crippen molar-refractivity contribution in [2.75, 3.05) is 13.7 Å². The number of ether oxygens (including phenoxy) is 2. The van der Waals surface area contributed by atoms with Crippen LogP contribution in [0.4, 0.5) is 0 Å². The highest BCUT2D eigenvalue weighted by Gasteiger charge is 2.10. The summed E-state index contributed by atoms with van der Waals surface area (Å²) in [5.41, 5.74) is 0. The molecule has 0 spiro atoms. The van der Waals surface area contributed by atoms with E-state index in [9.17, 15) is 0 Å². The van der Waals surface area contributed by atoms with Gasteiger partial charge in [-0.3, -0.25) is 0 Å². The first-order valence-corrected chi connectivity index (χ1v) is 3.08. The van der Waals surface area contributed by atoms with Crippen LogP contribution in [0.2, 0.25) is 0 Å². The van der Waals surface area contributed by atoms with Gasteiger partial charge in [0.1, 0.15) is 0 Å². The zero-order valence-electron chi connectivity index (χ0n) is 5.22. The molecule has 0 unspecified atom stereocenters. The minimum Gasteiger partial charge on any atom is -0.356 e. The Hall–Kier alpha value is -0.0800. The van der Waals surface area contributed by atoms with Gasteiger partial charge in [-0.05, 0) is 19.3 Å². The zero-order valence-corrected chi connectivity index (χ0v) is 5.22. The second-order valence-electron chi connectivity index (χ2n) is 2.03. The Labute approximate surface area is 49.8 Å². The molecule has 0 aliphatic carbocycles. The number of rotatable bonds is 1. The third-order valence-corrected chi connectivity index (χ3v) is 1.40. The average Bonchev–Trinajstić information content (AvgIpc) is 1.90. The Balaban J connectivity index is 2.13. The molecule has 1 rings (SSSR count). The standard InChI is InChI=1S/C6H12O2/c1-7-6-4-2-3-5-8-6/h6H,2-5H2,1H3/t6-/m1/s1. The van der Waals surface area contributed by atoms with Gasteiger partial charge < -0.3 is 9.47 Å². The Kier molecular flexibility index (Phi) is 2.30. The normalized spacial score (nSPS) is 30.4. The molecule has 2 nitrogen and oxygen atoms in total. The maximum Gasteiger partial charge on any atom is 0.157 e. The van der Waals surface area contributed by atoms with Crippen molar-refractivity contribution in [3.05, 3.63) is 0 Å². The molecule has 8 heavy (non-hydrogen) atoms. The fourth-order valence-corrected chi connectivity index (χ4v) is 0.897. The van der Waals surface area contributed by atoms with E-state index in [1.165, 1.54) is 12.8 Å². The molecule has 1 atom stereocenters. The van der Waals surface area contributed by atoms with E-state index < -0.39 is 0 Å². The lowest BCUT2D eigenvalue weighted by atomic mass is 10.2. The lowest BCUT2D eigenvalue weighted by Gasteiger charge is -2.20. The van der Waals surface area contributed by atoms with Crippen LogP contribution in [-0.4, -0.2) is 20.0 Å². The molecule has 0 aromatic heterocycles. The van der Waals surface area contributed by atoms with Gasteiger partial charge in [-0.1, -0.05) is 0 Å². The first-order chi connectivity index (χ1) is 3.93. The summed E-state index contributed by atoms with van der Waals surface area (Å²) in [6, 6.07) is 0. The molecule has 0 bridgehead atoms. The monoisotopic (exact) mass is 116 g/mol. The summed E-state index contributed by atoms with van der Waals surface area (Å²) >= 11 is 0. The SMILES string of the molecule is CO[C@H]1CCCCO1. The van der Waals surface area contributed by atoms with Crippen molar-refractivity contribution in [1.29, 1.82) is 0 Å². The average molecular weight is 116 g/mol. The van der Waals surface area contributed by atoms with Gasteiger partial charge in [0.2, 0.25) is 0 Å². The molecule has 0 amide bonds. The highest BCUT2D eigenvalue weighted by molar-refractivity contribution is 4.52. The molecule has 0 N–H and O–H groups in total. The molecular formula is C6H12O2. The van der Waals surface area contributed by atoms with E-state index in [4.69, 9.17) is 9.47 Å². The topological polar surface area (TPSA) is 18.5 Å². The molecule has 48 valence electrons. The first kappa shape index (κ1) is 6.05. The van der Waals surface area contributed by atoms with Crippen LogP contribution in [0.15, 0.2) is 0 Å².